The lowest BCUT2D eigenvalue weighted by atomic mass is 10.2. The van der Waals surface area contributed by atoms with Crippen LogP contribution < -0.4 is 4.74 Å². The van der Waals surface area contributed by atoms with Crippen molar-refractivity contribution in [3.63, 3.8) is 0 Å². The maximum absolute atomic E-state index is 11.1. The number of aromatic carboxylic acids is 1. The molecule has 0 amide bonds. The Morgan fingerprint density at radius 3 is 2.37 bits per heavy atom. The van der Waals surface area contributed by atoms with Crippen molar-refractivity contribution in [3.8, 4) is 5.75 Å². The number of hydrogen-bond acceptors (Lipinski definition) is 2. The number of carboxylic acids is 1. The number of benzene rings is 1. The summed E-state index contributed by atoms with van der Waals surface area (Å²) in [7, 11) is 1.63. The summed E-state index contributed by atoms with van der Waals surface area (Å²) < 4.78 is 7.12. The topological polar surface area (TPSA) is 51.5 Å². The summed E-state index contributed by atoms with van der Waals surface area (Å²) in [5, 5.41) is 9.11. The average molecular weight is 259 g/mol. The quantitative estimate of drug-likeness (QED) is 0.918. The molecule has 1 N–H and O–H groups in total. The van der Waals surface area contributed by atoms with Crippen LogP contribution in [0.1, 0.15) is 27.3 Å². The van der Waals surface area contributed by atoms with Crippen LogP contribution >= 0.6 is 0 Å². The summed E-state index contributed by atoms with van der Waals surface area (Å²) in [5.74, 6) is -0.0648. The summed E-state index contributed by atoms with van der Waals surface area (Å²) in [6, 6.07) is 9.49. The van der Waals surface area contributed by atoms with E-state index in [9.17, 15) is 4.79 Å². The second kappa shape index (κ2) is 5.18. The molecule has 0 aliphatic carbocycles. The smallest absolute Gasteiger partial charge is 0.337 e. The normalized spacial score (nSPS) is 10.5. The highest BCUT2D eigenvalue weighted by molar-refractivity contribution is 5.89. The average Bonchev–Trinajstić information content (AvgIpc) is 2.68. The van der Waals surface area contributed by atoms with Crippen molar-refractivity contribution >= 4 is 5.97 Å². The Hall–Kier alpha value is -2.23. The molecule has 1 aromatic heterocycles. The predicted octanol–water partition coefficient (Wildman–Crippen LogP) is 2.86. The molecule has 4 nitrogen and oxygen atoms in total. The molecule has 4 heteroatoms. The molecule has 0 atom stereocenters. The maximum Gasteiger partial charge on any atom is 0.337 e. The van der Waals surface area contributed by atoms with Crippen LogP contribution in [-0.2, 0) is 6.54 Å². The lowest BCUT2D eigenvalue weighted by Gasteiger charge is -2.10. The predicted molar refractivity (Wildman–Crippen MR) is 73.0 cm³/mol. The molecule has 19 heavy (non-hydrogen) atoms. The SMILES string of the molecule is COc1ccc(Cn2c(C)cc(C(=O)O)c2C)cc1. The van der Waals surface area contributed by atoms with Crippen LogP contribution in [0.3, 0.4) is 0 Å². The Morgan fingerprint density at radius 1 is 1.26 bits per heavy atom. The number of ether oxygens (including phenoxy) is 1. The van der Waals surface area contributed by atoms with Crippen molar-refractivity contribution < 1.29 is 14.6 Å². The van der Waals surface area contributed by atoms with Crippen LogP contribution in [0.15, 0.2) is 30.3 Å². The first-order valence-corrected chi connectivity index (χ1v) is 6.06. The minimum absolute atomic E-state index is 0.367. The number of methoxy groups -OCH3 is 1. The molecule has 2 rings (SSSR count). The highest BCUT2D eigenvalue weighted by Crippen LogP contribution is 2.18. The molecule has 0 aliphatic rings. The van der Waals surface area contributed by atoms with Crippen molar-refractivity contribution in [3.05, 3.63) is 52.8 Å². The van der Waals surface area contributed by atoms with Crippen molar-refractivity contribution in [2.24, 2.45) is 0 Å². The van der Waals surface area contributed by atoms with Gasteiger partial charge in [0, 0.05) is 17.9 Å². The van der Waals surface area contributed by atoms with Gasteiger partial charge < -0.3 is 14.4 Å². The molecule has 0 fully saturated rings. The number of carboxylic acid groups (broad SMARTS) is 1. The molecule has 1 aromatic carbocycles. The first-order valence-electron chi connectivity index (χ1n) is 6.06. The van der Waals surface area contributed by atoms with Crippen LogP contribution in [0.2, 0.25) is 0 Å². The number of carbonyl (C=O) groups is 1. The highest BCUT2D eigenvalue weighted by Gasteiger charge is 2.14. The van der Waals surface area contributed by atoms with E-state index in [1.165, 1.54) is 0 Å². The van der Waals surface area contributed by atoms with E-state index in [0.29, 0.717) is 12.1 Å². The molecule has 2 aromatic rings. The van der Waals surface area contributed by atoms with Crippen molar-refractivity contribution in [2.75, 3.05) is 7.11 Å². The molecular formula is C15H17NO3. The molecule has 0 spiro atoms. The molecule has 1 heterocycles. The van der Waals surface area contributed by atoms with Crippen molar-refractivity contribution in [1.29, 1.82) is 0 Å². The Balaban J connectivity index is 2.30. The molecule has 0 radical (unpaired) electrons. The van der Waals surface area contributed by atoms with E-state index in [1.54, 1.807) is 13.2 Å². The first kappa shape index (κ1) is 13.2. The fraction of sp³-hybridized carbons (Fsp3) is 0.267. The van der Waals surface area contributed by atoms with E-state index in [-0.39, 0.29) is 0 Å². The zero-order valence-electron chi connectivity index (χ0n) is 11.3. The fourth-order valence-corrected chi connectivity index (χ4v) is 2.17. The van der Waals surface area contributed by atoms with E-state index in [2.05, 4.69) is 0 Å². The molecule has 0 aliphatic heterocycles. The number of aromatic nitrogens is 1. The Morgan fingerprint density at radius 2 is 1.89 bits per heavy atom. The third-order valence-corrected chi connectivity index (χ3v) is 3.30. The second-order valence-electron chi connectivity index (χ2n) is 4.52. The molecule has 0 saturated heterocycles. The third-order valence-electron chi connectivity index (χ3n) is 3.30. The van der Waals surface area contributed by atoms with Crippen LogP contribution in [-0.4, -0.2) is 22.8 Å². The van der Waals surface area contributed by atoms with Gasteiger partial charge in [0.05, 0.1) is 12.7 Å². The van der Waals surface area contributed by atoms with E-state index < -0.39 is 5.97 Å². The second-order valence-corrected chi connectivity index (χ2v) is 4.52. The van der Waals surface area contributed by atoms with Crippen LogP contribution in [0, 0.1) is 13.8 Å². The number of rotatable bonds is 4. The molecule has 0 bridgehead atoms. The number of hydrogen-bond donors (Lipinski definition) is 1. The van der Waals surface area contributed by atoms with Crippen LogP contribution in [0.4, 0.5) is 0 Å². The lowest BCUT2D eigenvalue weighted by Crippen LogP contribution is -2.05. The summed E-state index contributed by atoms with van der Waals surface area (Å²) in [5.41, 5.74) is 3.21. The van der Waals surface area contributed by atoms with Gasteiger partial charge in [-0.15, -0.1) is 0 Å². The van der Waals surface area contributed by atoms with Gasteiger partial charge >= 0.3 is 5.97 Å². The standard InChI is InChI=1S/C15H17NO3/c1-10-8-14(15(17)18)11(2)16(10)9-12-4-6-13(19-3)7-5-12/h4-8H,9H2,1-3H3,(H,17,18). The lowest BCUT2D eigenvalue weighted by molar-refractivity contribution is 0.0696. The van der Waals surface area contributed by atoms with E-state index in [4.69, 9.17) is 9.84 Å². The van der Waals surface area contributed by atoms with Gasteiger partial charge in [0.1, 0.15) is 5.75 Å². The number of nitrogens with zero attached hydrogens (tertiary/aromatic N) is 1. The van der Waals surface area contributed by atoms with Crippen molar-refractivity contribution in [1.82, 2.24) is 4.57 Å². The highest BCUT2D eigenvalue weighted by atomic mass is 16.5. The monoisotopic (exact) mass is 259 g/mol. The van der Waals surface area contributed by atoms with Gasteiger partial charge in [0.25, 0.3) is 0 Å². The van der Waals surface area contributed by atoms with Gasteiger partial charge in [-0.1, -0.05) is 12.1 Å². The van der Waals surface area contributed by atoms with Gasteiger partial charge in [-0.3, -0.25) is 0 Å². The van der Waals surface area contributed by atoms with E-state index >= 15 is 0 Å². The Kier molecular flexibility index (Phi) is 3.60. The van der Waals surface area contributed by atoms with Gasteiger partial charge in [-0.2, -0.15) is 0 Å². The fourth-order valence-electron chi connectivity index (χ4n) is 2.17. The van der Waals surface area contributed by atoms with Crippen LogP contribution in [0.25, 0.3) is 0 Å². The van der Waals surface area contributed by atoms with Gasteiger partial charge in [-0.05, 0) is 37.6 Å². The summed E-state index contributed by atoms with van der Waals surface area (Å²) in [6.45, 7) is 4.41. The summed E-state index contributed by atoms with van der Waals surface area (Å²) in [4.78, 5) is 11.1. The van der Waals surface area contributed by atoms with E-state index in [1.807, 2.05) is 42.7 Å². The first-order chi connectivity index (χ1) is 9.02. The minimum Gasteiger partial charge on any atom is -0.497 e. The minimum atomic E-state index is -0.880. The Labute approximate surface area is 112 Å². The zero-order valence-corrected chi connectivity index (χ0v) is 11.3. The maximum atomic E-state index is 11.1. The van der Waals surface area contributed by atoms with Gasteiger partial charge in [0.2, 0.25) is 0 Å². The van der Waals surface area contributed by atoms with Crippen molar-refractivity contribution in [2.45, 2.75) is 20.4 Å². The number of aryl methyl sites for hydroxylation is 1. The van der Waals surface area contributed by atoms with Crippen LogP contribution in [0.5, 0.6) is 5.75 Å². The van der Waals surface area contributed by atoms with Gasteiger partial charge in [-0.25, -0.2) is 4.79 Å². The third kappa shape index (κ3) is 2.62. The Bertz CT molecular complexity index is 597. The zero-order chi connectivity index (χ0) is 14.0. The van der Waals surface area contributed by atoms with E-state index in [0.717, 1.165) is 22.7 Å². The summed E-state index contributed by atoms with van der Waals surface area (Å²) in [6.07, 6.45) is 0. The largest absolute Gasteiger partial charge is 0.497 e. The molecular weight excluding hydrogens is 242 g/mol. The van der Waals surface area contributed by atoms with Gasteiger partial charge in [0.15, 0.2) is 0 Å². The molecule has 100 valence electrons. The summed E-state index contributed by atoms with van der Waals surface area (Å²) >= 11 is 0. The molecule has 0 unspecified atom stereocenters. The molecule has 0 saturated carbocycles.